The van der Waals surface area contributed by atoms with Crippen molar-refractivity contribution < 1.29 is 4.79 Å². The first-order valence-corrected chi connectivity index (χ1v) is 8.34. The van der Waals surface area contributed by atoms with Crippen LogP contribution in [0, 0.1) is 11.8 Å². The molecule has 2 aliphatic rings. The van der Waals surface area contributed by atoms with Gasteiger partial charge in [-0.05, 0) is 48.9 Å². The van der Waals surface area contributed by atoms with E-state index < -0.39 is 0 Å². The first kappa shape index (κ1) is 15.3. The number of rotatable bonds is 1. The highest BCUT2D eigenvalue weighted by molar-refractivity contribution is 5.94. The highest BCUT2D eigenvalue weighted by Crippen LogP contribution is 2.41. The maximum atomic E-state index is 12.1. The molecule has 0 saturated carbocycles. The predicted octanol–water partition coefficient (Wildman–Crippen LogP) is 2.92. The van der Waals surface area contributed by atoms with Gasteiger partial charge in [0, 0.05) is 43.5 Å². The summed E-state index contributed by atoms with van der Waals surface area (Å²) in [6.07, 6.45) is 1.25. The molecule has 0 bridgehead atoms. The third-order valence-corrected chi connectivity index (χ3v) is 5.49. The zero-order valence-corrected chi connectivity index (χ0v) is 14.0. The summed E-state index contributed by atoms with van der Waals surface area (Å²) in [5.41, 5.74) is 9.82. The minimum atomic E-state index is -0.0134. The first-order chi connectivity index (χ1) is 10.4. The van der Waals surface area contributed by atoms with E-state index >= 15 is 0 Å². The zero-order valence-electron chi connectivity index (χ0n) is 14.0. The van der Waals surface area contributed by atoms with Crippen LogP contribution in [0.3, 0.4) is 0 Å². The van der Waals surface area contributed by atoms with Crippen LogP contribution in [0.5, 0.6) is 0 Å². The van der Waals surface area contributed by atoms with Gasteiger partial charge in [0.25, 0.3) is 0 Å². The molecule has 1 fully saturated rings. The fraction of sp³-hybridized carbons (Fsp3) is 0.611. The average molecular weight is 301 g/mol. The molecule has 3 rings (SSSR count). The molecule has 2 aliphatic heterocycles. The molecule has 0 aliphatic carbocycles. The SMILES string of the molecule is CC(=O)N1c2ccc(N3CCC(C)C3)cc2C(N)C(C)C1C. The van der Waals surface area contributed by atoms with E-state index in [1.807, 2.05) is 4.90 Å². The number of anilines is 2. The van der Waals surface area contributed by atoms with E-state index in [1.165, 1.54) is 12.1 Å². The first-order valence-electron chi connectivity index (χ1n) is 8.34. The number of amides is 1. The maximum absolute atomic E-state index is 12.1. The Bertz CT molecular complexity index is 586. The number of benzene rings is 1. The van der Waals surface area contributed by atoms with Crippen molar-refractivity contribution in [2.24, 2.45) is 17.6 Å². The number of carbonyl (C=O) groups is 1. The van der Waals surface area contributed by atoms with E-state index in [9.17, 15) is 4.79 Å². The molecular formula is C18H27N3O. The number of hydrogen-bond donors (Lipinski definition) is 1. The lowest BCUT2D eigenvalue weighted by atomic mass is 9.83. The van der Waals surface area contributed by atoms with Crippen molar-refractivity contribution in [1.29, 1.82) is 0 Å². The van der Waals surface area contributed by atoms with Crippen LogP contribution in [0.1, 0.15) is 45.7 Å². The van der Waals surface area contributed by atoms with Crippen molar-refractivity contribution in [3.8, 4) is 0 Å². The Labute approximate surface area is 133 Å². The number of nitrogens with two attached hydrogens (primary N) is 1. The van der Waals surface area contributed by atoms with E-state index in [-0.39, 0.29) is 23.9 Å². The van der Waals surface area contributed by atoms with Gasteiger partial charge in [0.2, 0.25) is 5.91 Å². The molecule has 0 aromatic heterocycles. The van der Waals surface area contributed by atoms with Gasteiger partial charge >= 0.3 is 0 Å². The molecule has 4 atom stereocenters. The molecule has 2 N–H and O–H groups in total. The van der Waals surface area contributed by atoms with E-state index in [0.717, 1.165) is 30.3 Å². The van der Waals surface area contributed by atoms with Crippen LogP contribution in [0.25, 0.3) is 0 Å². The predicted molar refractivity (Wildman–Crippen MR) is 91.2 cm³/mol. The van der Waals surface area contributed by atoms with E-state index in [4.69, 9.17) is 5.73 Å². The molecule has 22 heavy (non-hydrogen) atoms. The summed E-state index contributed by atoms with van der Waals surface area (Å²) in [5, 5.41) is 0. The summed E-state index contributed by atoms with van der Waals surface area (Å²) >= 11 is 0. The van der Waals surface area contributed by atoms with E-state index in [2.05, 4.69) is 43.9 Å². The van der Waals surface area contributed by atoms with Gasteiger partial charge in [0.05, 0.1) is 0 Å². The topological polar surface area (TPSA) is 49.6 Å². The molecular weight excluding hydrogens is 274 g/mol. The smallest absolute Gasteiger partial charge is 0.224 e. The lowest BCUT2D eigenvalue weighted by molar-refractivity contribution is -0.117. The standard InChI is InChI=1S/C18H27N3O/c1-11-7-8-20(10-11)15-5-6-17-16(9-15)18(19)12(2)13(3)21(17)14(4)22/h5-6,9,11-13,18H,7-8,10,19H2,1-4H3. The van der Waals surface area contributed by atoms with Crippen molar-refractivity contribution in [2.45, 2.75) is 46.2 Å². The number of hydrogen-bond acceptors (Lipinski definition) is 3. The molecule has 1 aromatic rings. The monoisotopic (exact) mass is 301 g/mol. The Morgan fingerprint density at radius 1 is 1.27 bits per heavy atom. The van der Waals surface area contributed by atoms with Crippen LogP contribution >= 0.6 is 0 Å². The van der Waals surface area contributed by atoms with Crippen LogP contribution in [0.2, 0.25) is 0 Å². The van der Waals surface area contributed by atoms with Gasteiger partial charge in [0.1, 0.15) is 0 Å². The van der Waals surface area contributed by atoms with Gasteiger partial charge in [-0.2, -0.15) is 0 Å². The second kappa shape index (κ2) is 5.58. The Balaban J connectivity index is 2.01. The van der Waals surface area contributed by atoms with Crippen molar-refractivity contribution in [3.63, 3.8) is 0 Å². The third-order valence-electron chi connectivity index (χ3n) is 5.49. The molecule has 1 amide bonds. The summed E-state index contributed by atoms with van der Waals surface area (Å²) in [6.45, 7) is 10.4. The highest BCUT2D eigenvalue weighted by Gasteiger charge is 2.36. The number of carbonyl (C=O) groups excluding carboxylic acids is 1. The quantitative estimate of drug-likeness (QED) is 0.867. The number of nitrogens with zero attached hydrogens (tertiary/aromatic N) is 2. The minimum Gasteiger partial charge on any atom is -0.371 e. The van der Waals surface area contributed by atoms with Gasteiger partial charge < -0.3 is 15.5 Å². The van der Waals surface area contributed by atoms with Gasteiger partial charge in [-0.25, -0.2) is 0 Å². The number of fused-ring (bicyclic) bond motifs is 1. The molecule has 0 spiro atoms. The van der Waals surface area contributed by atoms with Gasteiger partial charge in [0.15, 0.2) is 0 Å². The van der Waals surface area contributed by atoms with Crippen LogP contribution in [-0.4, -0.2) is 25.0 Å². The van der Waals surface area contributed by atoms with Gasteiger partial charge in [-0.1, -0.05) is 13.8 Å². The van der Waals surface area contributed by atoms with Crippen LogP contribution in [-0.2, 0) is 4.79 Å². The average Bonchev–Trinajstić information content (AvgIpc) is 2.91. The van der Waals surface area contributed by atoms with Crippen molar-refractivity contribution >= 4 is 17.3 Å². The van der Waals surface area contributed by atoms with E-state index in [0.29, 0.717) is 0 Å². The maximum Gasteiger partial charge on any atom is 0.224 e. The molecule has 4 nitrogen and oxygen atoms in total. The Hall–Kier alpha value is -1.55. The fourth-order valence-electron chi connectivity index (χ4n) is 3.89. The summed E-state index contributed by atoms with van der Waals surface area (Å²) in [6, 6.07) is 6.55. The van der Waals surface area contributed by atoms with Crippen LogP contribution in [0.15, 0.2) is 18.2 Å². The van der Waals surface area contributed by atoms with Crippen molar-refractivity contribution in [3.05, 3.63) is 23.8 Å². The largest absolute Gasteiger partial charge is 0.371 e. The Morgan fingerprint density at radius 2 is 2.00 bits per heavy atom. The second-order valence-corrected chi connectivity index (χ2v) is 7.10. The summed E-state index contributed by atoms with van der Waals surface area (Å²) < 4.78 is 0. The fourth-order valence-corrected chi connectivity index (χ4v) is 3.89. The Kier molecular flexibility index (Phi) is 3.89. The normalized spacial score (nSPS) is 31.3. The molecule has 1 saturated heterocycles. The molecule has 120 valence electrons. The lowest BCUT2D eigenvalue weighted by Crippen LogP contribution is -2.48. The van der Waals surface area contributed by atoms with Gasteiger partial charge in [-0.3, -0.25) is 4.79 Å². The minimum absolute atomic E-state index is 0.0134. The summed E-state index contributed by atoms with van der Waals surface area (Å²) in [4.78, 5) is 16.4. The van der Waals surface area contributed by atoms with Crippen molar-refractivity contribution in [2.75, 3.05) is 22.9 Å². The van der Waals surface area contributed by atoms with Crippen molar-refractivity contribution in [1.82, 2.24) is 0 Å². The van der Waals surface area contributed by atoms with Crippen LogP contribution in [0.4, 0.5) is 11.4 Å². The molecule has 0 radical (unpaired) electrons. The third kappa shape index (κ3) is 2.39. The molecule has 4 unspecified atom stereocenters. The highest BCUT2D eigenvalue weighted by atomic mass is 16.2. The summed E-state index contributed by atoms with van der Waals surface area (Å²) in [7, 11) is 0. The van der Waals surface area contributed by atoms with Gasteiger partial charge in [-0.15, -0.1) is 0 Å². The molecule has 4 heteroatoms. The summed E-state index contributed by atoms with van der Waals surface area (Å²) in [5.74, 6) is 1.09. The zero-order chi connectivity index (χ0) is 16.0. The molecule has 2 heterocycles. The lowest BCUT2D eigenvalue weighted by Gasteiger charge is -2.42. The van der Waals surface area contributed by atoms with Crippen LogP contribution < -0.4 is 15.5 Å². The van der Waals surface area contributed by atoms with E-state index in [1.54, 1.807) is 6.92 Å². The Morgan fingerprint density at radius 3 is 2.59 bits per heavy atom. The second-order valence-electron chi connectivity index (χ2n) is 7.10. The molecule has 1 aromatic carbocycles.